The summed E-state index contributed by atoms with van der Waals surface area (Å²) >= 11 is 0. The van der Waals surface area contributed by atoms with Crippen molar-refractivity contribution in [3.63, 3.8) is 0 Å². The molecule has 4 rings (SSSR count). The van der Waals surface area contributed by atoms with Gasteiger partial charge < -0.3 is 15.1 Å². The van der Waals surface area contributed by atoms with Crippen LogP contribution in [0.3, 0.4) is 0 Å². The van der Waals surface area contributed by atoms with Crippen LogP contribution in [0.15, 0.2) is 61.0 Å². The normalized spacial score (nSPS) is 15.9. The van der Waals surface area contributed by atoms with Crippen LogP contribution in [-0.4, -0.2) is 39.8 Å². The molecule has 2 aliphatic heterocycles. The SMILES string of the molecule is CC(C)/C=C/C(=O)N1CC=C(c2ccc(NC(=O)N3Cc4ccncc4C3)cc2)CC1. The summed E-state index contributed by atoms with van der Waals surface area (Å²) in [7, 11) is 0. The summed E-state index contributed by atoms with van der Waals surface area (Å²) in [5.41, 5.74) is 5.39. The topological polar surface area (TPSA) is 65.5 Å². The van der Waals surface area contributed by atoms with Crippen molar-refractivity contribution in [3.05, 3.63) is 77.6 Å². The van der Waals surface area contributed by atoms with Gasteiger partial charge in [-0.05, 0) is 58.9 Å². The van der Waals surface area contributed by atoms with Crippen molar-refractivity contribution in [3.8, 4) is 0 Å². The van der Waals surface area contributed by atoms with Gasteiger partial charge in [0, 0.05) is 44.3 Å². The molecule has 0 spiro atoms. The molecule has 0 atom stereocenters. The van der Waals surface area contributed by atoms with E-state index in [1.165, 1.54) is 5.57 Å². The van der Waals surface area contributed by atoms with E-state index in [4.69, 9.17) is 0 Å². The number of hydrogen-bond donors (Lipinski definition) is 1. The molecule has 2 aromatic rings. The Kier molecular flexibility index (Phi) is 6.16. The number of fused-ring (bicyclic) bond motifs is 1. The van der Waals surface area contributed by atoms with E-state index in [2.05, 4.69) is 30.2 Å². The summed E-state index contributed by atoms with van der Waals surface area (Å²) in [6.07, 6.45) is 10.1. The van der Waals surface area contributed by atoms with Crippen molar-refractivity contribution >= 4 is 23.2 Å². The molecular formula is C25H28N4O2. The van der Waals surface area contributed by atoms with Crippen molar-refractivity contribution in [2.24, 2.45) is 5.92 Å². The third kappa shape index (κ3) is 5.02. The van der Waals surface area contributed by atoms with Gasteiger partial charge in [-0.15, -0.1) is 0 Å². The molecule has 6 heteroatoms. The number of aromatic nitrogens is 1. The average Bonchev–Trinajstić information content (AvgIpc) is 3.23. The van der Waals surface area contributed by atoms with Crippen LogP contribution in [0.2, 0.25) is 0 Å². The maximum absolute atomic E-state index is 12.6. The molecule has 1 aromatic heterocycles. The van der Waals surface area contributed by atoms with Crippen LogP contribution >= 0.6 is 0 Å². The van der Waals surface area contributed by atoms with Gasteiger partial charge in [0.05, 0.1) is 0 Å². The van der Waals surface area contributed by atoms with Gasteiger partial charge in [-0.3, -0.25) is 9.78 Å². The van der Waals surface area contributed by atoms with Gasteiger partial charge in [-0.2, -0.15) is 0 Å². The highest BCUT2D eigenvalue weighted by Gasteiger charge is 2.23. The first kappa shape index (κ1) is 20.8. The zero-order valence-electron chi connectivity index (χ0n) is 18.0. The second-order valence-electron chi connectivity index (χ2n) is 8.37. The second kappa shape index (κ2) is 9.16. The number of anilines is 1. The summed E-state index contributed by atoms with van der Waals surface area (Å²) in [5.74, 6) is 0.443. The first-order valence-electron chi connectivity index (χ1n) is 10.7. The van der Waals surface area contributed by atoms with E-state index in [0.717, 1.165) is 35.3 Å². The Labute approximate surface area is 183 Å². The van der Waals surface area contributed by atoms with E-state index in [0.29, 0.717) is 25.6 Å². The number of nitrogens with zero attached hydrogens (tertiary/aromatic N) is 3. The lowest BCUT2D eigenvalue weighted by Crippen LogP contribution is -2.33. The Morgan fingerprint density at radius 2 is 1.84 bits per heavy atom. The number of carbonyl (C=O) groups excluding carboxylic acids is 2. The quantitative estimate of drug-likeness (QED) is 0.749. The Morgan fingerprint density at radius 1 is 1.06 bits per heavy atom. The van der Waals surface area contributed by atoms with Crippen molar-refractivity contribution in [1.29, 1.82) is 0 Å². The predicted molar refractivity (Wildman–Crippen MR) is 122 cm³/mol. The molecule has 3 amide bonds. The standard InChI is InChI=1S/C25H28N4O2/c1-18(2)3-8-24(30)28-13-10-20(11-14-28)19-4-6-23(7-5-19)27-25(31)29-16-21-9-12-26-15-22(21)17-29/h3-10,12,15,18H,11,13-14,16-17H2,1-2H3,(H,27,31)/b8-3+. The number of allylic oxidation sites excluding steroid dienone is 1. The number of rotatable bonds is 4. The largest absolute Gasteiger partial charge is 0.335 e. The lowest BCUT2D eigenvalue weighted by atomic mass is 9.99. The van der Waals surface area contributed by atoms with E-state index in [1.807, 2.05) is 47.5 Å². The van der Waals surface area contributed by atoms with Crippen LogP contribution < -0.4 is 5.32 Å². The highest BCUT2D eigenvalue weighted by atomic mass is 16.2. The van der Waals surface area contributed by atoms with Crippen LogP contribution in [0, 0.1) is 5.92 Å². The zero-order chi connectivity index (χ0) is 21.8. The van der Waals surface area contributed by atoms with Crippen molar-refractivity contribution in [2.45, 2.75) is 33.4 Å². The fourth-order valence-corrected chi connectivity index (χ4v) is 3.85. The summed E-state index contributed by atoms with van der Waals surface area (Å²) < 4.78 is 0. The molecule has 160 valence electrons. The predicted octanol–water partition coefficient (Wildman–Crippen LogP) is 4.46. The van der Waals surface area contributed by atoms with E-state index in [9.17, 15) is 9.59 Å². The summed E-state index contributed by atoms with van der Waals surface area (Å²) in [5, 5.41) is 2.98. The van der Waals surface area contributed by atoms with Crippen LogP contribution in [0.4, 0.5) is 10.5 Å². The molecule has 0 bridgehead atoms. The monoisotopic (exact) mass is 416 g/mol. The number of amides is 3. The van der Waals surface area contributed by atoms with E-state index < -0.39 is 0 Å². The molecule has 0 radical (unpaired) electrons. The van der Waals surface area contributed by atoms with Gasteiger partial charge in [-0.1, -0.05) is 38.1 Å². The Hall–Kier alpha value is -3.41. The van der Waals surface area contributed by atoms with Gasteiger partial charge in [0.2, 0.25) is 5.91 Å². The van der Waals surface area contributed by atoms with Gasteiger partial charge >= 0.3 is 6.03 Å². The maximum Gasteiger partial charge on any atom is 0.322 e. The highest BCUT2D eigenvalue weighted by molar-refractivity contribution is 5.90. The van der Waals surface area contributed by atoms with Gasteiger partial charge in [-0.25, -0.2) is 4.79 Å². The lowest BCUT2D eigenvalue weighted by Gasteiger charge is -2.26. The molecule has 2 aliphatic rings. The zero-order valence-corrected chi connectivity index (χ0v) is 18.0. The molecule has 6 nitrogen and oxygen atoms in total. The van der Waals surface area contributed by atoms with Crippen LogP contribution in [-0.2, 0) is 17.9 Å². The summed E-state index contributed by atoms with van der Waals surface area (Å²) in [6.45, 7) is 6.66. The number of hydrogen-bond acceptors (Lipinski definition) is 3. The molecule has 0 unspecified atom stereocenters. The van der Waals surface area contributed by atoms with E-state index in [1.54, 1.807) is 17.2 Å². The van der Waals surface area contributed by atoms with Crippen molar-refractivity contribution in [1.82, 2.24) is 14.8 Å². The summed E-state index contributed by atoms with van der Waals surface area (Å²) in [6, 6.07) is 9.78. The van der Waals surface area contributed by atoms with E-state index in [-0.39, 0.29) is 11.9 Å². The number of carbonyl (C=O) groups is 2. The maximum atomic E-state index is 12.6. The number of nitrogens with one attached hydrogen (secondary N) is 1. The van der Waals surface area contributed by atoms with Gasteiger partial charge in [0.15, 0.2) is 0 Å². The lowest BCUT2D eigenvalue weighted by molar-refractivity contribution is -0.125. The Bertz CT molecular complexity index is 999. The van der Waals surface area contributed by atoms with Crippen LogP contribution in [0.5, 0.6) is 0 Å². The first-order valence-corrected chi connectivity index (χ1v) is 10.7. The number of pyridine rings is 1. The van der Waals surface area contributed by atoms with Crippen LogP contribution in [0.1, 0.15) is 37.0 Å². The van der Waals surface area contributed by atoms with Crippen LogP contribution in [0.25, 0.3) is 5.57 Å². The molecule has 0 saturated heterocycles. The van der Waals surface area contributed by atoms with Crippen molar-refractivity contribution in [2.75, 3.05) is 18.4 Å². The second-order valence-corrected chi connectivity index (χ2v) is 8.37. The Balaban J connectivity index is 1.33. The minimum atomic E-state index is -0.107. The third-order valence-corrected chi connectivity index (χ3v) is 5.67. The average molecular weight is 417 g/mol. The molecule has 0 aliphatic carbocycles. The van der Waals surface area contributed by atoms with Crippen molar-refractivity contribution < 1.29 is 9.59 Å². The first-order chi connectivity index (χ1) is 15.0. The smallest absolute Gasteiger partial charge is 0.322 e. The molecule has 31 heavy (non-hydrogen) atoms. The molecule has 3 heterocycles. The summed E-state index contributed by atoms with van der Waals surface area (Å²) in [4.78, 5) is 32.6. The fraction of sp³-hybridized carbons (Fsp3) is 0.320. The minimum Gasteiger partial charge on any atom is -0.335 e. The minimum absolute atomic E-state index is 0.0712. The Morgan fingerprint density at radius 3 is 2.52 bits per heavy atom. The fourth-order valence-electron chi connectivity index (χ4n) is 3.85. The number of benzene rings is 1. The highest BCUT2D eigenvalue weighted by Crippen LogP contribution is 2.25. The number of urea groups is 1. The molecule has 1 N–H and O–H groups in total. The molecule has 0 saturated carbocycles. The van der Waals surface area contributed by atoms with Gasteiger partial charge in [0.1, 0.15) is 0 Å². The third-order valence-electron chi connectivity index (χ3n) is 5.67. The molecule has 1 aromatic carbocycles. The molecular weight excluding hydrogens is 388 g/mol. The van der Waals surface area contributed by atoms with E-state index >= 15 is 0 Å². The molecule has 0 fully saturated rings. The van der Waals surface area contributed by atoms with Gasteiger partial charge in [0.25, 0.3) is 0 Å².